The standard InChI is InChI=1S/C15H11N3O5S/c16-10-11-3-5-12(6-4-11)24(20,21)9-7-18-15(19)23-14(17-18)13-2-1-8-22-13/h1-6,8H,7,9H2. The van der Waals surface area contributed by atoms with E-state index in [0.717, 1.165) is 4.68 Å². The lowest BCUT2D eigenvalue weighted by Gasteiger charge is -2.03. The summed E-state index contributed by atoms with van der Waals surface area (Å²) in [5, 5.41) is 12.6. The number of rotatable bonds is 5. The zero-order valence-corrected chi connectivity index (χ0v) is 13.1. The van der Waals surface area contributed by atoms with Gasteiger partial charge in [-0.25, -0.2) is 13.2 Å². The molecule has 8 nitrogen and oxygen atoms in total. The van der Waals surface area contributed by atoms with Gasteiger partial charge in [0.1, 0.15) is 0 Å². The Balaban J connectivity index is 1.77. The van der Waals surface area contributed by atoms with E-state index in [1.807, 2.05) is 6.07 Å². The third-order valence-corrected chi connectivity index (χ3v) is 4.96. The van der Waals surface area contributed by atoms with Gasteiger partial charge < -0.3 is 8.83 Å². The number of benzene rings is 1. The first-order valence-corrected chi connectivity index (χ1v) is 8.49. The summed E-state index contributed by atoms with van der Waals surface area (Å²) in [6, 6.07) is 10.7. The van der Waals surface area contributed by atoms with E-state index < -0.39 is 15.6 Å². The third-order valence-electron chi connectivity index (χ3n) is 3.25. The molecule has 0 atom stereocenters. The lowest BCUT2D eigenvalue weighted by atomic mass is 10.2. The Labute approximate surface area is 136 Å². The highest BCUT2D eigenvalue weighted by Gasteiger charge is 2.18. The van der Waals surface area contributed by atoms with Gasteiger partial charge in [0, 0.05) is 0 Å². The molecule has 0 aliphatic carbocycles. The minimum Gasteiger partial charge on any atom is -0.459 e. The SMILES string of the molecule is N#Cc1ccc(S(=O)(=O)CCn2nc(-c3ccco3)oc2=O)cc1. The highest BCUT2D eigenvalue weighted by Crippen LogP contribution is 2.16. The van der Waals surface area contributed by atoms with Crippen LogP contribution in [0.2, 0.25) is 0 Å². The zero-order chi connectivity index (χ0) is 17.2. The number of aryl methyl sites for hydroxylation is 1. The van der Waals surface area contributed by atoms with E-state index in [4.69, 9.17) is 14.1 Å². The second kappa shape index (κ2) is 6.17. The average molecular weight is 345 g/mol. The number of furan rings is 1. The van der Waals surface area contributed by atoms with Gasteiger partial charge in [0.15, 0.2) is 15.6 Å². The fraction of sp³-hybridized carbons (Fsp3) is 0.133. The molecule has 1 aromatic carbocycles. The van der Waals surface area contributed by atoms with Gasteiger partial charge in [0.25, 0.3) is 5.89 Å². The monoisotopic (exact) mass is 345 g/mol. The van der Waals surface area contributed by atoms with Crippen LogP contribution in [0.4, 0.5) is 0 Å². The van der Waals surface area contributed by atoms with Crippen LogP contribution in [0.1, 0.15) is 5.56 Å². The van der Waals surface area contributed by atoms with Gasteiger partial charge in [-0.05, 0) is 36.4 Å². The fourth-order valence-electron chi connectivity index (χ4n) is 2.01. The first-order valence-electron chi connectivity index (χ1n) is 6.84. The van der Waals surface area contributed by atoms with Crippen LogP contribution in [0.15, 0.2) is 61.2 Å². The summed E-state index contributed by atoms with van der Waals surface area (Å²) in [6.07, 6.45) is 1.41. The summed E-state index contributed by atoms with van der Waals surface area (Å²) in [6.45, 7) is -0.161. The summed E-state index contributed by atoms with van der Waals surface area (Å²) in [5.74, 6) is -0.832. The van der Waals surface area contributed by atoms with Gasteiger partial charge in [-0.15, -0.1) is 5.10 Å². The van der Waals surface area contributed by atoms with Crippen LogP contribution in [0.25, 0.3) is 11.7 Å². The molecule has 0 amide bonds. The summed E-state index contributed by atoms with van der Waals surface area (Å²) in [5.41, 5.74) is 0.366. The molecule has 0 radical (unpaired) electrons. The molecule has 0 unspecified atom stereocenters. The maximum absolute atomic E-state index is 12.3. The van der Waals surface area contributed by atoms with E-state index in [1.165, 1.54) is 30.5 Å². The van der Waals surface area contributed by atoms with E-state index in [0.29, 0.717) is 5.56 Å². The molecule has 0 N–H and O–H groups in total. The topological polar surface area (TPSA) is 119 Å². The minimum atomic E-state index is -3.62. The molecule has 0 fully saturated rings. The maximum atomic E-state index is 12.3. The molecule has 0 aliphatic rings. The van der Waals surface area contributed by atoms with Crippen LogP contribution in [0.3, 0.4) is 0 Å². The van der Waals surface area contributed by atoms with E-state index in [9.17, 15) is 13.2 Å². The Morgan fingerprint density at radius 2 is 1.96 bits per heavy atom. The average Bonchev–Trinajstić information content (AvgIpc) is 3.23. The summed E-state index contributed by atoms with van der Waals surface area (Å²) < 4.78 is 35.5. The molecule has 2 aromatic heterocycles. The van der Waals surface area contributed by atoms with Crippen molar-refractivity contribution < 1.29 is 17.3 Å². The van der Waals surface area contributed by atoms with Crippen LogP contribution < -0.4 is 5.76 Å². The Morgan fingerprint density at radius 3 is 2.58 bits per heavy atom. The smallest absolute Gasteiger partial charge is 0.437 e. The van der Waals surface area contributed by atoms with Gasteiger partial charge in [0.05, 0.1) is 35.1 Å². The first-order chi connectivity index (χ1) is 11.5. The lowest BCUT2D eigenvalue weighted by molar-refractivity contribution is 0.473. The summed E-state index contributed by atoms with van der Waals surface area (Å²) in [7, 11) is -3.62. The Kier molecular flexibility index (Phi) is 4.05. The molecule has 3 aromatic rings. The van der Waals surface area contributed by atoms with Crippen molar-refractivity contribution in [1.82, 2.24) is 9.78 Å². The van der Waals surface area contributed by atoms with Gasteiger partial charge in [-0.3, -0.25) is 0 Å². The van der Waals surface area contributed by atoms with Crippen molar-refractivity contribution in [3.63, 3.8) is 0 Å². The van der Waals surface area contributed by atoms with E-state index in [-0.39, 0.29) is 28.8 Å². The van der Waals surface area contributed by atoms with Crippen molar-refractivity contribution in [2.75, 3.05) is 5.75 Å². The zero-order valence-electron chi connectivity index (χ0n) is 12.2. The predicted octanol–water partition coefficient (Wildman–Crippen LogP) is 1.44. The number of hydrogen-bond donors (Lipinski definition) is 0. The number of aromatic nitrogens is 2. The van der Waals surface area contributed by atoms with Crippen LogP contribution in [-0.2, 0) is 16.4 Å². The second-order valence-corrected chi connectivity index (χ2v) is 6.94. The Hall–Kier alpha value is -3.12. The maximum Gasteiger partial charge on any atom is 0.437 e. The van der Waals surface area contributed by atoms with Gasteiger partial charge in [-0.1, -0.05) is 0 Å². The van der Waals surface area contributed by atoms with E-state index >= 15 is 0 Å². The third kappa shape index (κ3) is 3.13. The second-order valence-electron chi connectivity index (χ2n) is 4.83. The molecule has 0 saturated heterocycles. The largest absolute Gasteiger partial charge is 0.459 e. The van der Waals surface area contributed by atoms with Crippen molar-refractivity contribution in [2.45, 2.75) is 11.4 Å². The van der Waals surface area contributed by atoms with E-state index in [1.54, 1.807) is 12.1 Å². The predicted molar refractivity (Wildman–Crippen MR) is 81.7 cm³/mol. The van der Waals surface area contributed by atoms with Crippen LogP contribution in [-0.4, -0.2) is 24.0 Å². The molecule has 2 heterocycles. The highest BCUT2D eigenvalue weighted by molar-refractivity contribution is 7.91. The normalized spacial score (nSPS) is 11.3. The lowest BCUT2D eigenvalue weighted by Crippen LogP contribution is -2.21. The molecule has 0 aliphatic heterocycles. The van der Waals surface area contributed by atoms with Crippen LogP contribution >= 0.6 is 0 Å². The first kappa shape index (κ1) is 15.8. The summed E-state index contributed by atoms with van der Waals surface area (Å²) in [4.78, 5) is 11.8. The highest BCUT2D eigenvalue weighted by atomic mass is 32.2. The molecular formula is C15H11N3O5S. The summed E-state index contributed by atoms with van der Waals surface area (Å²) >= 11 is 0. The van der Waals surface area contributed by atoms with Crippen molar-refractivity contribution in [3.8, 4) is 17.7 Å². The fourth-order valence-corrected chi connectivity index (χ4v) is 3.21. The molecular weight excluding hydrogens is 334 g/mol. The number of nitriles is 1. The van der Waals surface area contributed by atoms with Crippen molar-refractivity contribution in [3.05, 3.63) is 58.8 Å². The molecule has 0 saturated carbocycles. The van der Waals surface area contributed by atoms with Gasteiger partial charge in [0.2, 0.25) is 0 Å². The van der Waals surface area contributed by atoms with Gasteiger partial charge in [-0.2, -0.15) is 9.94 Å². The van der Waals surface area contributed by atoms with Gasteiger partial charge >= 0.3 is 5.76 Å². The van der Waals surface area contributed by atoms with Crippen LogP contribution in [0.5, 0.6) is 0 Å². The van der Waals surface area contributed by atoms with Crippen LogP contribution in [0, 0.1) is 11.3 Å². The molecule has 0 bridgehead atoms. The van der Waals surface area contributed by atoms with E-state index in [2.05, 4.69) is 5.10 Å². The van der Waals surface area contributed by atoms with Crippen molar-refractivity contribution in [2.24, 2.45) is 0 Å². The van der Waals surface area contributed by atoms with Crippen molar-refractivity contribution >= 4 is 9.84 Å². The quantitative estimate of drug-likeness (QED) is 0.686. The molecule has 24 heavy (non-hydrogen) atoms. The van der Waals surface area contributed by atoms with Crippen molar-refractivity contribution in [1.29, 1.82) is 5.26 Å². The Bertz CT molecular complexity index is 1040. The number of nitrogens with zero attached hydrogens (tertiary/aromatic N) is 3. The number of hydrogen-bond acceptors (Lipinski definition) is 7. The minimum absolute atomic E-state index is 0.0132. The molecule has 9 heteroatoms. The molecule has 0 spiro atoms. The molecule has 3 rings (SSSR count). The Morgan fingerprint density at radius 1 is 1.21 bits per heavy atom. The number of sulfone groups is 1. The molecule has 122 valence electrons.